The fraction of sp³-hybridized carbons (Fsp3) is 0.294. The van der Waals surface area contributed by atoms with Crippen LogP contribution in [0.15, 0.2) is 36.5 Å². The molecule has 0 aliphatic rings. The van der Waals surface area contributed by atoms with Gasteiger partial charge < -0.3 is 9.84 Å². The zero-order valence-corrected chi connectivity index (χ0v) is 15.2. The molecule has 0 saturated carbocycles. The Hall–Kier alpha value is -2.43. The molecule has 10 heteroatoms. The molecule has 1 unspecified atom stereocenters. The lowest BCUT2D eigenvalue weighted by Gasteiger charge is -2.17. The molecule has 1 heterocycles. The Morgan fingerprint density at radius 1 is 1.30 bits per heavy atom. The number of nitrogens with one attached hydrogen (secondary N) is 1. The van der Waals surface area contributed by atoms with E-state index in [4.69, 9.17) is 4.74 Å². The summed E-state index contributed by atoms with van der Waals surface area (Å²) in [6.07, 6.45) is 1.17. The number of ether oxygens (including phenoxy) is 1. The molecular weight excluding hydrogens is 382 g/mol. The molecule has 2 aromatic rings. The number of hydrogen-bond donors (Lipinski definition) is 2. The highest BCUT2D eigenvalue weighted by Crippen LogP contribution is 2.24. The van der Waals surface area contributed by atoms with E-state index in [0.29, 0.717) is 18.4 Å². The van der Waals surface area contributed by atoms with Gasteiger partial charge in [0, 0.05) is 24.4 Å². The van der Waals surface area contributed by atoms with Gasteiger partial charge in [0.05, 0.1) is 24.5 Å². The molecule has 2 rings (SSSR count). The first kappa shape index (κ1) is 20.9. The Balaban J connectivity index is 2.19. The summed E-state index contributed by atoms with van der Waals surface area (Å²) in [5.41, 5.74) is 0.0531. The molecule has 0 saturated heterocycles. The minimum atomic E-state index is -4.50. The van der Waals surface area contributed by atoms with Crippen molar-refractivity contribution in [2.45, 2.75) is 18.8 Å². The van der Waals surface area contributed by atoms with Crippen molar-refractivity contribution in [3.05, 3.63) is 65.0 Å². The average molecular weight is 400 g/mol. The van der Waals surface area contributed by atoms with Crippen molar-refractivity contribution in [1.29, 1.82) is 0 Å². The van der Waals surface area contributed by atoms with Gasteiger partial charge in [0.1, 0.15) is 16.9 Å². The smallest absolute Gasteiger partial charge is 0.266 e. The molecule has 1 amide bonds. The Kier molecular flexibility index (Phi) is 6.94. The van der Waals surface area contributed by atoms with Gasteiger partial charge in [-0.1, -0.05) is 6.07 Å². The number of pyridine rings is 1. The molecule has 0 fully saturated rings. The number of sulfonamides is 1. The van der Waals surface area contributed by atoms with Crippen LogP contribution in [0.4, 0.5) is 8.78 Å². The molecule has 1 atom stereocenters. The van der Waals surface area contributed by atoms with Crippen molar-refractivity contribution in [2.24, 2.45) is 0 Å². The number of halogens is 2. The van der Waals surface area contributed by atoms with Gasteiger partial charge >= 0.3 is 0 Å². The predicted octanol–water partition coefficient (Wildman–Crippen LogP) is 1.69. The van der Waals surface area contributed by atoms with E-state index in [2.05, 4.69) is 4.98 Å². The van der Waals surface area contributed by atoms with Crippen LogP contribution < -0.4 is 4.72 Å². The largest absolute Gasteiger partial charge is 0.395 e. The summed E-state index contributed by atoms with van der Waals surface area (Å²) in [6.45, 7) is 1.54. The van der Waals surface area contributed by atoms with Gasteiger partial charge in [0.15, 0.2) is 0 Å². The van der Waals surface area contributed by atoms with Crippen LogP contribution >= 0.6 is 0 Å². The lowest BCUT2D eigenvalue weighted by molar-refractivity contribution is 0.0980. The maximum atomic E-state index is 13.9. The minimum Gasteiger partial charge on any atom is -0.395 e. The van der Waals surface area contributed by atoms with Gasteiger partial charge in [0.25, 0.3) is 5.91 Å². The molecule has 0 spiro atoms. The average Bonchev–Trinajstić information content (AvgIpc) is 2.62. The van der Waals surface area contributed by atoms with Crippen molar-refractivity contribution in [1.82, 2.24) is 9.71 Å². The van der Waals surface area contributed by atoms with E-state index >= 15 is 0 Å². The third kappa shape index (κ3) is 5.28. The lowest BCUT2D eigenvalue weighted by atomic mass is 10.1. The molecule has 1 aromatic heterocycles. The van der Waals surface area contributed by atoms with Crippen LogP contribution in [0.5, 0.6) is 0 Å². The molecule has 0 radical (unpaired) electrons. The maximum Gasteiger partial charge on any atom is 0.266 e. The summed E-state index contributed by atoms with van der Waals surface area (Å²) in [7, 11) is -4.50. The molecule has 1 aromatic carbocycles. The number of rotatable bonds is 8. The Morgan fingerprint density at radius 2 is 2.04 bits per heavy atom. The molecule has 146 valence electrons. The van der Waals surface area contributed by atoms with Gasteiger partial charge in [0.2, 0.25) is 10.0 Å². The summed E-state index contributed by atoms with van der Waals surface area (Å²) >= 11 is 0. The number of amides is 1. The second-order valence-electron chi connectivity index (χ2n) is 5.49. The highest BCUT2D eigenvalue weighted by atomic mass is 32.2. The van der Waals surface area contributed by atoms with Crippen molar-refractivity contribution in [2.75, 3.05) is 13.2 Å². The summed E-state index contributed by atoms with van der Waals surface area (Å²) in [4.78, 5) is 16.2. The van der Waals surface area contributed by atoms with Crippen LogP contribution in [0.1, 0.15) is 33.8 Å². The van der Waals surface area contributed by atoms with Gasteiger partial charge in [-0.15, -0.1) is 0 Å². The first-order valence-corrected chi connectivity index (χ1v) is 9.47. The van der Waals surface area contributed by atoms with Crippen molar-refractivity contribution in [3.63, 3.8) is 0 Å². The number of aromatic nitrogens is 1. The monoisotopic (exact) mass is 400 g/mol. The standard InChI is InChI=1S/C17H18F2N2O5S/c1-2-26-10-13-5-3-11(8-20-13)17(23)21-27(24,25)16(9-22)14-6-4-12(18)7-15(14)19/h3-8,16,22H,2,9-10H2,1H3,(H,21,23). The number of carbonyl (C=O) groups is 1. The topological polar surface area (TPSA) is 106 Å². The van der Waals surface area contributed by atoms with Crippen molar-refractivity contribution < 1.29 is 31.8 Å². The number of benzene rings is 1. The van der Waals surface area contributed by atoms with E-state index in [0.717, 1.165) is 12.1 Å². The molecule has 7 nitrogen and oxygen atoms in total. The van der Waals surface area contributed by atoms with Crippen LogP contribution in [0.2, 0.25) is 0 Å². The summed E-state index contributed by atoms with van der Waals surface area (Å²) in [5, 5.41) is 7.61. The second kappa shape index (κ2) is 8.98. The van der Waals surface area contributed by atoms with Gasteiger partial charge in [-0.2, -0.15) is 0 Å². The van der Waals surface area contributed by atoms with E-state index in [1.807, 2.05) is 6.92 Å². The lowest BCUT2D eigenvalue weighted by Crippen LogP contribution is -2.36. The number of hydrogen-bond acceptors (Lipinski definition) is 6. The SMILES string of the molecule is CCOCc1ccc(C(=O)NS(=O)(=O)C(CO)c2ccc(F)cc2F)cn1. The normalized spacial score (nSPS) is 12.6. The van der Waals surface area contributed by atoms with Crippen LogP contribution in [0.25, 0.3) is 0 Å². The number of carbonyl (C=O) groups excluding carboxylic acids is 1. The summed E-state index contributed by atoms with van der Waals surface area (Å²) in [5.74, 6) is -3.03. The fourth-order valence-electron chi connectivity index (χ4n) is 2.24. The third-order valence-corrected chi connectivity index (χ3v) is 5.25. The highest BCUT2D eigenvalue weighted by Gasteiger charge is 2.31. The summed E-state index contributed by atoms with van der Waals surface area (Å²) in [6, 6.07) is 5.12. The fourth-order valence-corrected chi connectivity index (χ4v) is 3.48. The number of aliphatic hydroxyl groups is 1. The number of nitrogens with zero attached hydrogens (tertiary/aromatic N) is 1. The van der Waals surface area contributed by atoms with E-state index in [1.165, 1.54) is 18.3 Å². The molecule has 2 N–H and O–H groups in total. The highest BCUT2D eigenvalue weighted by molar-refractivity contribution is 7.90. The minimum absolute atomic E-state index is 0.0462. The second-order valence-corrected chi connectivity index (χ2v) is 7.35. The quantitative estimate of drug-likeness (QED) is 0.699. The Labute approximate surface area is 155 Å². The Bertz CT molecular complexity index is 904. The summed E-state index contributed by atoms with van der Waals surface area (Å²) < 4.78 is 58.6. The first-order valence-electron chi connectivity index (χ1n) is 7.93. The third-order valence-electron chi connectivity index (χ3n) is 3.63. The van der Waals surface area contributed by atoms with Gasteiger partial charge in [-0.05, 0) is 25.1 Å². The van der Waals surface area contributed by atoms with Crippen LogP contribution in [-0.4, -0.2) is 37.6 Å². The molecule has 0 aliphatic heterocycles. The molecular formula is C17H18F2N2O5S. The zero-order valence-electron chi connectivity index (χ0n) is 14.4. The van der Waals surface area contributed by atoms with Crippen LogP contribution in [0, 0.1) is 11.6 Å². The molecule has 27 heavy (non-hydrogen) atoms. The first-order chi connectivity index (χ1) is 12.8. The van der Waals surface area contributed by atoms with Gasteiger partial charge in [-0.25, -0.2) is 21.9 Å². The van der Waals surface area contributed by atoms with Gasteiger partial charge in [-0.3, -0.25) is 9.78 Å². The van der Waals surface area contributed by atoms with Crippen molar-refractivity contribution in [3.8, 4) is 0 Å². The zero-order chi connectivity index (χ0) is 20.0. The van der Waals surface area contributed by atoms with E-state index < -0.39 is 45.0 Å². The number of aliphatic hydroxyl groups excluding tert-OH is 1. The predicted molar refractivity (Wildman–Crippen MR) is 92.1 cm³/mol. The van der Waals surface area contributed by atoms with Crippen molar-refractivity contribution >= 4 is 15.9 Å². The van der Waals surface area contributed by atoms with E-state index in [9.17, 15) is 27.1 Å². The van der Waals surface area contributed by atoms with Crippen LogP contribution in [-0.2, 0) is 21.4 Å². The molecule has 0 bridgehead atoms. The Morgan fingerprint density at radius 3 is 2.59 bits per heavy atom. The maximum absolute atomic E-state index is 13.9. The van der Waals surface area contributed by atoms with E-state index in [-0.39, 0.29) is 12.2 Å². The van der Waals surface area contributed by atoms with Crippen LogP contribution in [0.3, 0.4) is 0 Å². The molecule has 0 aliphatic carbocycles. The van der Waals surface area contributed by atoms with E-state index in [1.54, 1.807) is 4.72 Å².